The first-order valence-electron chi connectivity index (χ1n) is 9.77. The highest BCUT2D eigenvalue weighted by atomic mass is 15.3. The molecule has 0 spiro atoms. The summed E-state index contributed by atoms with van der Waals surface area (Å²) >= 11 is 0. The fraction of sp³-hybridized carbons (Fsp3) is 1.00. The van der Waals surface area contributed by atoms with Gasteiger partial charge in [0.05, 0.1) is 27.2 Å². The lowest BCUT2D eigenvalue weighted by Crippen LogP contribution is -2.60. The third kappa shape index (κ3) is 3.93. The van der Waals surface area contributed by atoms with Crippen LogP contribution in [0.25, 0.3) is 0 Å². The van der Waals surface area contributed by atoms with Crippen molar-refractivity contribution < 1.29 is 4.48 Å². The lowest BCUT2D eigenvalue weighted by Gasteiger charge is -2.55. The second-order valence-electron chi connectivity index (χ2n) is 9.97. The molecule has 0 aliphatic carbocycles. The van der Waals surface area contributed by atoms with E-state index in [9.17, 15) is 0 Å². The van der Waals surface area contributed by atoms with Gasteiger partial charge < -0.3 is 4.48 Å². The largest absolute Gasteiger partial charge is 0.328 e. The third-order valence-corrected chi connectivity index (χ3v) is 7.69. The predicted molar refractivity (Wildman–Crippen MR) is 101 cm³/mol. The van der Waals surface area contributed by atoms with Gasteiger partial charge in [0.2, 0.25) is 0 Å². The van der Waals surface area contributed by atoms with Crippen molar-refractivity contribution in [3.05, 3.63) is 0 Å². The zero-order chi connectivity index (χ0) is 17.5. The Balaban J connectivity index is 1.95. The Morgan fingerprint density at radius 3 is 2.00 bits per heavy atom. The maximum absolute atomic E-state index is 2.81. The van der Waals surface area contributed by atoms with Gasteiger partial charge in [-0.05, 0) is 66.1 Å². The maximum atomic E-state index is 2.81. The van der Waals surface area contributed by atoms with E-state index in [4.69, 9.17) is 0 Å². The molecule has 2 saturated heterocycles. The van der Waals surface area contributed by atoms with Gasteiger partial charge in [0.1, 0.15) is 0 Å². The van der Waals surface area contributed by atoms with Crippen LogP contribution in [-0.4, -0.2) is 79.2 Å². The van der Waals surface area contributed by atoms with Crippen molar-refractivity contribution in [2.75, 3.05) is 47.3 Å². The molecule has 0 saturated carbocycles. The topological polar surface area (TPSA) is 6.48 Å². The minimum atomic E-state index is 0.263. The average Bonchev–Trinajstić information content (AvgIpc) is 2.47. The Labute approximate surface area is 145 Å². The van der Waals surface area contributed by atoms with Gasteiger partial charge in [-0.2, -0.15) is 0 Å². The molecule has 3 nitrogen and oxygen atoms in total. The summed E-state index contributed by atoms with van der Waals surface area (Å²) in [5.41, 5.74) is 0.686. The van der Waals surface area contributed by atoms with E-state index in [-0.39, 0.29) is 5.54 Å². The van der Waals surface area contributed by atoms with E-state index in [1.807, 2.05) is 0 Å². The van der Waals surface area contributed by atoms with Crippen molar-refractivity contribution in [1.29, 1.82) is 0 Å². The zero-order valence-corrected chi connectivity index (χ0v) is 17.2. The number of nitrogens with zero attached hydrogens (tertiary/aromatic N) is 3. The standard InChI is InChI=1S/C20H42N3/c1-17(2)21(6)19(3,4)20(5)11-13-22(14-12-20)18-9-15-23(7,8)16-10-18/h17-18H,9-16H2,1-8H3/q+1. The second-order valence-corrected chi connectivity index (χ2v) is 9.97. The molecule has 2 fully saturated rings. The quantitative estimate of drug-likeness (QED) is 0.731. The van der Waals surface area contributed by atoms with E-state index in [1.54, 1.807) is 0 Å². The van der Waals surface area contributed by atoms with Crippen molar-refractivity contribution in [2.45, 2.75) is 77.9 Å². The number of piperidine rings is 2. The fourth-order valence-corrected chi connectivity index (χ4v) is 4.68. The summed E-state index contributed by atoms with van der Waals surface area (Å²) < 4.78 is 1.22. The third-order valence-electron chi connectivity index (χ3n) is 7.69. The molecule has 2 aliphatic heterocycles. The lowest BCUT2D eigenvalue weighted by atomic mass is 9.65. The van der Waals surface area contributed by atoms with Gasteiger partial charge in [0, 0.05) is 30.5 Å². The van der Waals surface area contributed by atoms with Gasteiger partial charge in [0.25, 0.3) is 0 Å². The average molecular weight is 325 g/mol. The molecular formula is C20H42N3+. The van der Waals surface area contributed by atoms with Crippen LogP contribution in [0.3, 0.4) is 0 Å². The van der Waals surface area contributed by atoms with Crippen LogP contribution in [0.5, 0.6) is 0 Å². The Morgan fingerprint density at radius 2 is 1.57 bits per heavy atom. The van der Waals surface area contributed by atoms with Gasteiger partial charge in [0.15, 0.2) is 0 Å². The van der Waals surface area contributed by atoms with Crippen LogP contribution in [0.4, 0.5) is 0 Å². The van der Waals surface area contributed by atoms with Gasteiger partial charge >= 0.3 is 0 Å². The van der Waals surface area contributed by atoms with Crippen LogP contribution in [0.15, 0.2) is 0 Å². The Kier molecular flexibility index (Phi) is 5.55. The van der Waals surface area contributed by atoms with Crippen LogP contribution in [0.2, 0.25) is 0 Å². The van der Waals surface area contributed by atoms with Crippen LogP contribution in [-0.2, 0) is 0 Å². The van der Waals surface area contributed by atoms with Crippen LogP contribution in [0.1, 0.15) is 60.3 Å². The smallest absolute Gasteiger partial charge is 0.0797 e. The van der Waals surface area contributed by atoms with Gasteiger partial charge in [-0.1, -0.05) is 6.92 Å². The number of hydrogen-bond donors (Lipinski definition) is 0. The molecule has 2 aliphatic rings. The number of quaternary nitrogens is 1. The molecular weight excluding hydrogens is 282 g/mol. The first-order chi connectivity index (χ1) is 10.5. The fourth-order valence-electron chi connectivity index (χ4n) is 4.68. The molecule has 0 bridgehead atoms. The summed E-state index contributed by atoms with van der Waals surface area (Å²) in [5.74, 6) is 0. The Bertz CT molecular complexity index is 382. The SMILES string of the molecule is CC(C)N(C)C(C)(C)C1(C)CCN(C2CC[N+](C)(C)CC2)CC1. The molecule has 2 rings (SSSR count). The first-order valence-corrected chi connectivity index (χ1v) is 9.77. The van der Waals surface area contributed by atoms with Crippen LogP contribution < -0.4 is 0 Å². The number of likely N-dealkylation sites (tertiary alicyclic amines) is 2. The summed E-state index contributed by atoms with van der Waals surface area (Å²) in [6.45, 7) is 17.4. The zero-order valence-electron chi connectivity index (χ0n) is 17.2. The number of rotatable bonds is 4. The van der Waals surface area contributed by atoms with Crippen molar-refractivity contribution in [1.82, 2.24) is 9.80 Å². The predicted octanol–water partition coefficient (Wildman–Crippen LogP) is 3.45. The van der Waals surface area contributed by atoms with Gasteiger partial charge in [-0.25, -0.2) is 0 Å². The van der Waals surface area contributed by atoms with Gasteiger partial charge in [-0.3, -0.25) is 9.80 Å². The Morgan fingerprint density at radius 1 is 1.09 bits per heavy atom. The minimum Gasteiger partial charge on any atom is -0.328 e. The molecule has 0 aromatic carbocycles. The molecule has 0 N–H and O–H groups in total. The van der Waals surface area contributed by atoms with Crippen molar-refractivity contribution in [3.8, 4) is 0 Å². The molecule has 136 valence electrons. The van der Waals surface area contributed by atoms with Crippen molar-refractivity contribution in [2.24, 2.45) is 5.41 Å². The molecule has 23 heavy (non-hydrogen) atoms. The van der Waals surface area contributed by atoms with Crippen LogP contribution in [0, 0.1) is 5.41 Å². The molecule has 0 atom stereocenters. The molecule has 0 amide bonds. The summed E-state index contributed by atoms with van der Waals surface area (Å²) in [4.78, 5) is 5.40. The summed E-state index contributed by atoms with van der Waals surface area (Å²) in [6, 6.07) is 1.45. The van der Waals surface area contributed by atoms with E-state index in [0.29, 0.717) is 11.5 Å². The molecule has 0 unspecified atom stereocenters. The normalized spacial score (nSPS) is 26.9. The lowest BCUT2D eigenvalue weighted by molar-refractivity contribution is -0.895. The maximum Gasteiger partial charge on any atom is 0.0797 e. The summed E-state index contributed by atoms with van der Waals surface area (Å²) in [5, 5.41) is 0. The highest BCUT2D eigenvalue weighted by molar-refractivity contribution is 5.01. The molecule has 2 heterocycles. The van der Waals surface area contributed by atoms with Crippen LogP contribution >= 0.6 is 0 Å². The van der Waals surface area contributed by atoms with E-state index in [1.165, 1.54) is 56.3 Å². The van der Waals surface area contributed by atoms with E-state index in [2.05, 4.69) is 65.6 Å². The van der Waals surface area contributed by atoms with Crippen molar-refractivity contribution in [3.63, 3.8) is 0 Å². The van der Waals surface area contributed by atoms with Gasteiger partial charge in [-0.15, -0.1) is 0 Å². The molecule has 0 aromatic heterocycles. The van der Waals surface area contributed by atoms with E-state index in [0.717, 1.165) is 6.04 Å². The van der Waals surface area contributed by atoms with E-state index < -0.39 is 0 Å². The minimum absolute atomic E-state index is 0.263. The monoisotopic (exact) mass is 324 g/mol. The summed E-state index contributed by atoms with van der Waals surface area (Å²) in [6.07, 6.45) is 5.45. The Hall–Kier alpha value is -0.120. The highest BCUT2D eigenvalue weighted by Crippen LogP contribution is 2.45. The van der Waals surface area contributed by atoms with E-state index >= 15 is 0 Å². The number of hydrogen-bond acceptors (Lipinski definition) is 2. The summed E-state index contributed by atoms with van der Waals surface area (Å²) in [7, 11) is 7.07. The molecule has 0 radical (unpaired) electrons. The molecule has 0 aromatic rings. The highest BCUT2D eigenvalue weighted by Gasteiger charge is 2.46. The molecule has 3 heteroatoms. The first kappa shape index (κ1) is 19.2. The second kappa shape index (κ2) is 6.65. The van der Waals surface area contributed by atoms with Crippen molar-refractivity contribution >= 4 is 0 Å².